The summed E-state index contributed by atoms with van der Waals surface area (Å²) in [5.41, 5.74) is 4.57. The molecule has 0 aromatic carbocycles. The molecule has 29 heavy (non-hydrogen) atoms. The van der Waals surface area contributed by atoms with Gasteiger partial charge < -0.3 is 35.2 Å². The molecular formula is C9H15BrN3O13P3. The summed E-state index contributed by atoms with van der Waals surface area (Å²) in [4.78, 5) is 49.9. The first-order valence-corrected chi connectivity index (χ1v) is 12.6. The molecule has 6 atom stereocenters. The van der Waals surface area contributed by atoms with E-state index in [4.69, 9.17) is 25.2 Å². The third-order valence-corrected chi connectivity index (χ3v) is 8.03. The van der Waals surface area contributed by atoms with Crippen molar-refractivity contribution in [1.29, 1.82) is 0 Å². The number of anilines is 1. The van der Waals surface area contributed by atoms with Crippen LogP contribution in [0.15, 0.2) is 17.1 Å². The van der Waals surface area contributed by atoms with E-state index < -0.39 is 59.0 Å². The quantitative estimate of drug-likeness (QED) is 0.172. The number of nitrogen functional groups attached to an aromatic ring is 1. The molecule has 0 amide bonds. The maximum Gasteiger partial charge on any atom is 0.490 e. The maximum atomic E-state index is 11.9. The van der Waals surface area contributed by atoms with Crippen molar-refractivity contribution < 1.29 is 56.3 Å². The van der Waals surface area contributed by atoms with Crippen molar-refractivity contribution in [2.75, 3.05) is 12.3 Å². The zero-order valence-corrected chi connectivity index (χ0v) is 18.1. The van der Waals surface area contributed by atoms with Gasteiger partial charge in [-0.15, -0.1) is 0 Å². The first-order valence-electron chi connectivity index (χ1n) is 7.21. The van der Waals surface area contributed by atoms with Crippen molar-refractivity contribution in [3.8, 4) is 0 Å². The van der Waals surface area contributed by atoms with Gasteiger partial charge in [0.15, 0.2) is 6.23 Å². The van der Waals surface area contributed by atoms with Crippen LogP contribution in [0.1, 0.15) is 6.23 Å². The Balaban J connectivity index is 2.05. The summed E-state index contributed by atoms with van der Waals surface area (Å²) in [6.07, 6.45) is -2.61. The summed E-state index contributed by atoms with van der Waals surface area (Å²) >= 11 is 3.10. The van der Waals surface area contributed by atoms with E-state index >= 15 is 0 Å². The Morgan fingerprint density at radius 3 is 2.38 bits per heavy atom. The SMILES string of the molecule is Nc1ccn([C@@H]2O[C@H](COP(=O)(O)OP(=O)(O)OP(=O)(O)O)C(O)[C@@H]2Br)c(=O)n1. The van der Waals surface area contributed by atoms with Crippen molar-refractivity contribution in [3.05, 3.63) is 22.7 Å². The molecule has 0 bridgehead atoms. The highest BCUT2D eigenvalue weighted by atomic mass is 79.9. The van der Waals surface area contributed by atoms with Crippen LogP contribution in [-0.4, -0.2) is 57.9 Å². The molecule has 1 fully saturated rings. The number of nitrogens with two attached hydrogens (primary N) is 1. The second-order valence-corrected chi connectivity index (χ2v) is 10.9. The van der Waals surface area contributed by atoms with E-state index in [1.807, 2.05) is 0 Å². The lowest BCUT2D eigenvalue weighted by atomic mass is 10.2. The number of aromatic nitrogens is 2. The second-order valence-electron chi connectivity index (χ2n) is 5.43. The normalized spacial score (nSPS) is 29.3. The minimum atomic E-state index is -5.67. The lowest BCUT2D eigenvalue weighted by Crippen LogP contribution is -2.32. The maximum absolute atomic E-state index is 11.9. The zero-order chi connectivity index (χ0) is 22.2. The molecule has 0 saturated carbocycles. The van der Waals surface area contributed by atoms with Crippen molar-refractivity contribution in [2.45, 2.75) is 23.3 Å². The number of aliphatic hydroxyl groups excluding tert-OH is 1. The molecule has 7 N–H and O–H groups in total. The number of ether oxygens (including phenoxy) is 1. The minimum absolute atomic E-state index is 0.0554. The van der Waals surface area contributed by atoms with Crippen molar-refractivity contribution >= 4 is 45.2 Å². The van der Waals surface area contributed by atoms with Gasteiger partial charge in [0.2, 0.25) is 0 Å². The van der Waals surface area contributed by atoms with Gasteiger partial charge in [0.25, 0.3) is 0 Å². The number of phosphoric acid groups is 3. The predicted octanol–water partition coefficient (Wildman–Crippen LogP) is -0.809. The van der Waals surface area contributed by atoms with Crippen LogP contribution in [-0.2, 0) is 31.6 Å². The zero-order valence-electron chi connectivity index (χ0n) is 13.9. The van der Waals surface area contributed by atoms with Crippen molar-refractivity contribution in [3.63, 3.8) is 0 Å². The molecule has 20 heteroatoms. The Kier molecular flexibility index (Phi) is 7.62. The molecule has 1 aromatic heterocycles. The summed E-state index contributed by atoms with van der Waals surface area (Å²) in [5, 5.41) is 10.2. The van der Waals surface area contributed by atoms with E-state index in [1.165, 1.54) is 12.3 Å². The molecule has 2 heterocycles. The largest absolute Gasteiger partial charge is 0.490 e. The van der Waals surface area contributed by atoms with Crippen LogP contribution >= 0.6 is 39.4 Å². The summed E-state index contributed by atoms with van der Waals surface area (Å²) in [6.45, 7) is -0.888. The van der Waals surface area contributed by atoms with Crippen LogP contribution < -0.4 is 11.4 Å². The van der Waals surface area contributed by atoms with Crippen LogP contribution in [0.3, 0.4) is 0 Å². The third-order valence-electron chi connectivity index (χ3n) is 3.24. The van der Waals surface area contributed by atoms with Gasteiger partial charge in [-0.1, -0.05) is 15.9 Å². The van der Waals surface area contributed by atoms with Gasteiger partial charge in [0.1, 0.15) is 11.9 Å². The number of halogens is 1. The molecule has 0 aliphatic carbocycles. The fraction of sp³-hybridized carbons (Fsp3) is 0.556. The Bertz CT molecular complexity index is 951. The van der Waals surface area contributed by atoms with Crippen molar-refractivity contribution in [2.24, 2.45) is 0 Å². The number of nitrogens with zero attached hydrogens (tertiary/aromatic N) is 2. The summed E-state index contributed by atoms with van der Waals surface area (Å²) in [6, 6.07) is 1.29. The Morgan fingerprint density at radius 2 is 1.83 bits per heavy atom. The number of hydrogen-bond acceptors (Lipinski definition) is 11. The fourth-order valence-corrected chi connectivity index (χ4v) is 5.91. The van der Waals surface area contributed by atoms with Gasteiger partial charge >= 0.3 is 29.2 Å². The van der Waals surface area contributed by atoms with Crippen LogP contribution in [0, 0.1) is 0 Å². The second kappa shape index (κ2) is 8.93. The molecular weight excluding hydrogens is 531 g/mol. The average Bonchev–Trinajstić information content (AvgIpc) is 2.78. The summed E-state index contributed by atoms with van der Waals surface area (Å²) < 4.78 is 51.5. The molecule has 16 nitrogen and oxygen atoms in total. The molecule has 1 saturated heterocycles. The lowest BCUT2D eigenvalue weighted by Gasteiger charge is -2.19. The van der Waals surface area contributed by atoms with Gasteiger partial charge in [0.05, 0.1) is 17.5 Å². The number of rotatable bonds is 8. The van der Waals surface area contributed by atoms with E-state index in [0.717, 1.165) is 4.57 Å². The van der Waals surface area contributed by atoms with Gasteiger partial charge in [-0.25, -0.2) is 18.5 Å². The monoisotopic (exact) mass is 545 g/mol. The van der Waals surface area contributed by atoms with E-state index in [9.17, 15) is 28.5 Å². The van der Waals surface area contributed by atoms with Crippen molar-refractivity contribution in [1.82, 2.24) is 9.55 Å². The predicted molar refractivity (Wildman–Crippen MR) is 95.4 cm³/mol. The molecule has 1 aliphatic rings. The minimum Gasteiger partial charge on any atom is -0.389 e. The first-order chi connectivity index (χ1) is 13.1. The molecule has 0 spiro atoms. The highest BCUT2D eigenvalue weighted by Gasteiger charge is 2.46. The summed E-state index contributed by atoms with van der Waals surface area (Å²) in [5.74, 6) is -0.0554. The van der Waals surface area contributed by atoms with Gasteiger partial charge in [-0.2, -0.15) is 13.6 Å². The van der Waals surface area contributed by atoms with Crippen LogP contribution in [0.25, 0.3) is 0 Å². The van der Waals surface area contributed by atoms with E-state index in [-0.39, 0.29) is 5.82 Å². The lowest BCUT2D eigenvalue weighted by molar-refractivity contribution is -0.0447. The highest BCUT2D eigenvalue weighted by Crippen LogP contribution is 2.66. The third kappa shape index (κ3) is 7.01. The standard InChI is InChI=1S/C9H15BrN3O13P3/c10-6-7(14)4(24-8(6)13-2-1-5(11)12-9(13)15)3-23-28(19,20)26-29(21,22)25-27(16,17)18/h1-2,4,6-8,14H,3H2,(H,19,20)(H,21,22)(H2,11,12,15)(H2,16,17,18)/t4-,6+,7?,8-/m1/s1. The number of hydrogen-bond donors (Lipinski definition) is 6. The number of aliphatic hydroxyl groups is 1. The number of phosphoric ester groups is 1. The molecule has 3 unspecified atom stereocenters. The Hall–Kier alpha value is -0.510. The van der Waals surface area contributed by atoms with Crippen LogP contribution in [0.5, 0.6) is 0 Å². The molecule has 1 aliphatic heterocycles. The molecule has 2 rings (SSSR count). The average molecular weight is 546 g/mol. The van der Waals surface area contributed by atoms with Crippen LogP contribution in [0.2, 0.25) is 0 Å². The topological polar surface area (TPSA) is 250 Å². The highest BCUT2D eigenvalue weighted by molar-refractivity contribution is 9.09. The van der Waals surface area contributed by atoms with Crippen LogP contribution in [0.4, 0.5) is 5.82 Å². The molecule has 1 aromatic rings. The van der Waals surface area contributed by atoms with Gasteiger partial charge in [-0.3, -0.25) is 9.09 Å². The Labute approximate surface area is 169 Å². The van der Waals surface area contributed by atoms with E-state index in [1.54, 1.807) is 0 Å². The van der Waals surface area contributed by atoms with E-state index in [0.29, 0.717) is 0 Å². The first kappa shape index (κ1) is 24.8. The Morgan fingerprint density at radius 1 is 1.21 bits per heavy atom. The van der Waals surface area contributed by atoms with E-state index in [2.05, 4.69) is 34.1 Å². The molecule has 0 radical (unpaired) electrons. The number of alkyl halides is 1. The smallest absolute Gasteiger partial charge is 0.389 e. The summed E-state index contributed by atoms with van der Waals surface area (Å²) in [7, 11) is -16.6. The van der Waals surface area contributed by atoms with Gasteiger partial charge in [-0.05, 0) is 6.07 Å². The fourth-order valence-electron chi connectivity index (χ4n) is 2.16. The molecule has 166 valence electrons. The van der Waals surface area contributed by atoms with Gasteiger partial charge in [0, 0.05) is 6.20 Å².